The lowest BCUT2D eigenvalue weighted by molar-refractivity contribution is 0.0281. The summed E-state index contributed by atoms with van der Waals surface area (Å²) in [5.41, 5.74) is 1.16. The Bertz CT molecular complexity index is 987. The Balaban J connectivity index is 1.80. The third-order valence-corrected chi connectivity index (χ3v) is 5.57. The molecule has 33 heavy (non-hydrogen) atoms. The van der Waals surface area contributed by atoms with E-state index < -0.39 is 11.8 Å². The molecule has 0 spiro atoms. The Morgan fingerprint density at radius 3 is 2.61 bits per heavy atom. The zero-order valence-electron chi connectivity index (χ0n) is 19.4. The first-order chi connectivity index (χ1) is 15.8. The quantitative estimate of drug-likeness (QED) is 0.654. The fourth-order valence-electron chi connectivity index (χ4n) is 3.59. The molecule has 3 atom stereocenters. The topological polar surface area (TPSA) is 91.9 Å². The normalized spacial score (nSPS) is 21.8. The maximum Gasteiger partial charge on any atom is 0.323 e. The van der Waals surface area contributed by atoms with Gasteiger partial charge in [-0.25, -0.2) is 9.18 Å². The third kappa shape index (κ3) is 6.66. The number of nitrogens with one attached hydrogen (secondary N) is 3. The van der Waals surface area contributed by atoms with E-state index in [2.05, 4.69) is 22.9 Å². The van der Waals surface area contributed by atoms with Gasteiger partial charge in [0.2, 0.25) is 0 Å². The van der Waals surface area contributed by atoms with Crippen LogP contribution in [0.15, 0.2) is 42.5 Å². The van der Waals surface area contributed by atoms with E-state index >= 15 is 0 Å². The summed E-state index contributed by atoms with van der Waals surface area (Å²) in [6.07, 6.45) is -0.116. The average molecular weight is 459 g/mol. The minimum Gasteiger partial charge on any atom is -0.491 e. The summed E-state index contributed by atoms with van der Waals surface area (Å²) in [6.45, 7) is 5.58. The number of hydrogen-bond donors (Lipinski definition) is 3. The molecule has 2 aromatic rings. The molecule has 3 amide bonds. The molecule has 0 unspecified atom stereocenters. The SMILES string of the molecule is CO[C@H]1CN(C)C(=O)c2ccc(NC(=O)Nc3cccc(F)c3)cc2OC[C@H](C)NC[C@@H]1C. The Hall–Kier alpha value is -3.17. The highest BCUT2D eigenvalue weighted by Crippen LogP contribution is 2.26. The molecule has 0 radical (unpaired) electrons. The summed E-state index contributed by atoms with van der Waals surface area (Å²) in [4.78, 5) is 27.1. The lowest BCUT2D eigenvalue weighted by Gasteiger charge is -2.30. The predicted octanol–water partition coefficient (Wildman–Crippen LogP) is 3.56. The number of ether oxygens (including phenoxy) is 2. The van der Waals surface area contributed by atoms with E-state index in [0.717, 1.165) is 6.54 Å². The third-order valence-electron chi connectivity index (χ3n) is 5.57. The van der Waals surface area contributed by atoms with Crippen LogP contribution in [0.2, 0.25) is 0 Å². The maximum atomic E-state index is 13.4. The molecule has 0 bridgehead atoms. The van der Waals surface area contributed by atoms with Crippen LogP contribution < -0.4 is 20.7 Å². The largest absolute Gasteiger partial charge is 0.491 e. The number of rotatable bonds is 3. The number of fused-ring (bicyclic) bond motifs is 1. The second-order valence-electron chi connectivity index (χ2n) is 8.36. The number of carbonyl (C=O) groups is 2. The molecule has 0 saturated carbocycles. The Labute approximate surface area is 193 Å². The van der Waals surface area contributed by atoms with E-state index in [4.69, 9.17) is 9.47 Å². The molecular formula is C24H31FN4O4. The van der Waals surface area contributed by atoms with Crippen molar-refractivity contribution in [2.45, 2.75) is 26.0 Å². The number of amides is 3. The number of likely N-dealkylation sites (N-methyl/N-ethyl adjacent to an activating group) is 1. The molecule has 2 aromatic carbocycles. The van der Waals surface area contributed by atoms with Crippen molar-refractivity contribution < 1.29 is 23.5 Å². The van der Waals surface area contributed by atoms with Crippen LogP contribution in [-0.2, 0) is 4.74 Å². The van der Waals surface area contributed by atoms with Gasteiger partial charge in [-0.15, -0.1) is 0 Å². The number of anilines is 2. The van der Waals surface area contributed by atoms with Gasteiger partial charge in [0.15, 0.2) is 0 Å². The summed E-state index contributed by atoms with van der Waals surface area (Å²) in [5.74, 6) is -0.0749. The number of nitrogens with zero attached hydrogens (tertiary/aromatic N) is 1. The van der Waals surface area contributed by atoms with Crippen molar-refractivity contribution in [1.29, 1.82) is 0 Å². The second kappa shape index (κ2) is 11.1. The molecule has 178 valence electrons. The van der Waals surface area contributed by atoms with Crippen molar-refractivity contribution in [3.8, 4) is 5.75 Å². The van der Waals surface area contributed by atoms with Crippen LogP contribution in [0.3, 0.4) is 0 Å². The van der Waals surface area contributed by atoms with E-state index in [1.165, 1.54) is 18.2 Å². The van der Waals surface area contributed by atoms with Crippen molar-refractivity contribution in [2.24, 2.45) is 5.92 Å². The highest BCUT2D eigenvalue weighted by molar-refractivity contribution is 6.01. The van der Waals surface area contributed by atoms with Gasteiger partial charge in [0, 0.05) is 50.7 Å². The summed E-state index contributed by atoms with van der Waals surface area (Å²) >= 11 is 0. The van der Waals surface area contributed by atoms with Gasteiger partial charge in [-0.1, -0.05) is 13.0 Å². The van der Waals surface area contributed by atoms with E-state index in [1.807, 2.05) is 6.92 Å². The lowest BCUT2D eigenvalue weighted by Crippen LogP contribution is -2.44. The first-order valence-electron chi connectivity index (χ1n) is 10.9. The van der Waals surface area contributed by atoms with Crippen molar-refractivity contribution >= 4 is 23.3 Å². The van der Waals surface area contributed by atoms with Gasteiger partial charge in [0.05, 0.1) is 11.7 Å². The molecule has 0 fully saturated rings. The smallest absolute Gasteiger partial charge is 0.323 e. The van der Waals surface area contributed by atoms with Crippen LogP contribution >= 0.6 is 0 Å². The first kappa shape index (κ1) is 24.5. The van der Waals surface area contributed by atoms with Crippen LogP contribution in [0, 0.1) is 11.7 Å². The highest BCUT2D eigenvalue weighted by Gasteiger charge is 2.25. The van der Waals surface area contributed by atoms with Crippen molar-refractivity contribution in [3.63, 3.8) is 0 Å². The van der Waals surface area contributed by atoms with E-state index in [-0.39, 0.29) is 24.0 Å². The summed E-state index contributed by atoms with van der Waals surface area (Å²) < 4.78 is 25.0. The van der Waals surface area contributed by atoms with Crippen molar-refractivity contribution in [3.05, 3.63) is 53.8 Å². The molecular weight excluding hydrogens is 427 g/mol. The van der Waals surface area contributed by atoms with Gasteiger partial charge in [-0.05, 0) is 43.2 Å². The fraction of sp³-hybridized carbons (Fsp3) is 0.417. The molecule has 0 aromatic heterocycles. The Morgan fingerprint density at radius 1 is 1.18 bits per heavy atom. The Kier molecular flexibility index (Phi) is 8.24. The van der Waals surface area contributed by atoms with Gasteiger partial charge in [0.25, 0.3) is 5.91 Å². The molecule has 8 nitrogen and oxygen atoms in total. The van der Waals surface area contributed by atoms with Gasteiger partial charge in [0.1, 0.15) is 18.2 Å². The second-order valence-corrected chi connectivity index (χ2v) is 8.36. The molecule has 0 aliphatic carbocycles. The molecule has 1 aliphatic rings. The number of hydrogen-bond acceptors (Lipinski definition) is 5. The van der Waals surface area contributed by atoms with Crippen LogP contribution in [0.1, 0.15) is 24.2 Å². The van der Waals surface area contributed by atoms with Gasteiger partial charge in [-0.3, -0.25) is 4.79 Å². The number of urea groups is 1. The standard InChI is InChI=1S/C24H31FN4O4/c1-15-12-26-16(2)14-33-21-11-19(28-24(31)27-18-7-5-6-17(25)10-18)8-9-20(21)23(30)29(3)13-22(15)32-4/h5-11,15-16,22,26H,12-14H2,1-4H3,(H2,27,28,31)/t15-,16-,22-/m0/s1. The summed E-state index contributed by atoms with van der Waals surface area (Å²) in [7, 11) is 3.38. The maximum absolute atomic E-state index is 13.4. The minimum atomic E-state index is -0.538. The number of carbonyl (C=O) groups excluding carboxylic acids is 2. The fourth-order valence-corrected chi connectivity index (χ4v) is 3.59. The molecule has 9 heteroatoms. The van der Waals surface area contributed by atoms with Crippen LogP contribution in [0.4, 0.5) is 20.6 Å². The number of methoxy groups -OCH3 is 1. The van der Waals surface area contributed by atoms with Crippen molar-refractivity contribution in [1.82, 2.24) is 10.2 Å². The van der Waals surface area contributed by atoms with Crippen LogP contribution in [-0.4, -0.2) is 62.8 Å². The predicted molar refractivity (Wildman–Crippen MR) is 125 cm³/mol. The minimum absolute atomic E-state index is 0.0398. The molecule has 1 heterocycles. The average Bonchev–Trinajstić information content (AvgIpc) is 2.78. The Morgan fingerprint density at radius 2 is 1.91 bits per heavy atom. The molecule has 0 saturated heterocycles. The lowest BCUT2D eigenvalue weighted by atomic mass is 10.0. The molecule has 3 N–H and O–H groups in total. The molecule has 3 rings (SSSR count). The van der Waals surface area contributed by atoms with Gasteiger partial charge >= 0.3 is 6.03 Å². The molecule has 1 aliphatic heterocycles. The summed E-state index contributed by atoms with van der Waals surface area (Å²) in [6, 6.07) is 9.98. The van der Waals surface area contributed by atoms with Crippen LogP contribution in [0.25, 0.3) is 0 Å². The first-order valence-corrected chi connectivity index (χ1v) is 10.9. The zero-order valence-corrected chi connectivity index (χ0v) is 19.4. The van der Waals surface area contributed by atoms with E-state index in [0.29, 0.717) is 35.8 Å². The van der Waals surface area contributed by atoms with Gasteiger partial charge < -0.3 is 30.3 Å². The number of halogens is 1. The zero-order chi connectivity index (χ0) is 24.0. The summed E-state index contributed by atoms with van der Waals surface area (Å²) in [5, 5.41) is 8.70. The van der Waals surface area contributed by atoms with Crippen molar-refractivity contribution in [2.75, 3.05) is 44.5 Å². The van der Waals surface area contributed by atoms with E-state index in [9.17, 15) is 14.0 Å². The van der Waals surface area contributed by atoms with Gasteiger partial charge in [-0.2, -0.15) is 0 Å². The van der Waals surface area contributed by atoms with E-state index in [1.54, 1.807) is 43.3 Å². The van der Waals surface area contributed by atoms with Crippen LogP contribution in [0.5, 0.6) is 5.75 Å². The number of benzene rings is 2. The highest BCUT2D eigenvalue weighted by atomic mass is 19.1. The monoisotopic (exact) mass is 458 g/mol.